The number of benzene rings is 2. The molecule has 0 amide bonds. The van der Waals surface area contributed by atoms with Gasteiger partial charge in [-0.1, -0.05) is 30.3 Å². The lowest BCUT2D eigenvalue weighted by molar-refractivity contribution is 0.0921. The number of fused-ring (bicyclic) bond motifs is 1. The summed E-state index contributed by atoms with van der Waals surface area (Å²) in [6.07, 6.45) is 0. The van der Waals surface area contributed by atoms with E-state index in [0.717, 1.165) is 33.5 Å². The minimum absolute atomic E-state index is 0.0168. The smallest absolute Gasteiger partial charge is 0.202 e. The Morgan fingerprint density at radius 3 is 2.42 bits per heavy atom. The summed E-state index contributed by atoms with van der Waals surface area (Å²) in [4.78, 5) is 12.6. The zero-order chi connectivity index (χ0) is 17.3. The molecular formula is C21H23NO2. The Morgan fingerprint density at radius 2 is 1.75 bits per heavy atom. The van der Waals surface area contributed by atoms with Crippen LogP contribution in [0.25, 0.3) is 10.8 Å². The Labute approximate surface area is 142 Å². The van der Waals surface area contributed by atoms with Gasteiger partial charge in [-0.2, -0.15) is 0 Å². The number of carbonyl (C=O) groups excluding carboxylic acids is 1. The maximum absolute atomic E-state index is 12.6. The zero-order valence-corrected chi connectivity index (χ0v) is 14.7. The average molecular weight is 321 g/mol. The number of ether oxygens (including phenoxy) is 1. The predicted molar refractivity (Wildman–Crippen MR) is 98.1 cm³/mol. The van der Waals surface area contributed by atoms with Crippen molar-refractivity contribution in [3.05, 3.63) is 65.5 Å². The first-order valence-corrected chi connectivity index (χ1v) is 8.30. The second kappa shape index (κ2) is 6.52. The highest BCUT2D eigenvalue weighted by molar-refractivity contribution is 5.98. The molecule has 124 valence electrons. The summed E-state index contributed by atoms with van der Waals surface area (Å²) < 4.78 is 7.92. The molecule has 1 aromatic heterocycles. The molecule has 0 saturated heterocycles. The number of rotatable bonds is 5. The van der Waals surface area contributed by atoms with E-state index in [1.165, 1.54) is 0 Å². The number of carbonyl (C=O) groups is 1. The van der Waals surface area contributed by atoms with Gasteiger partial charge in [0.1, 0.15) is 5.75 Å². The first-order chi connectivity index (χ1) is 11.5. The molecule has 1 heterocycles. The summed E-state index contributed by atoms with van der Waals surface area (Å²) in [6, 6.07) is 16.3. The van der Waals surface area contributed by atoms with Crippen LogP contribution in [0.4, 0.5) is 0 Å². The lowest BCUT2D eigenvalue weighted by atomic mass is 10.1. The largest absolute Gasteiger partial charge is 0.485 e. The summed E-state index contributed by atoms with van der Waals surface area (Å²) in [6.45, 7) is 8.34. The summed E-state index contributed by atoms with van der Waals surface area (Å²) in [7, 11) is 0. The molecule has 0 fully saturated rings. The monoisotopic (exact) mass is 321 g/mol. The van der Waals surface area contributed by atoms with E-state index in [9.17, 15) is 4.79 Å². The number of hydrogen-bond donors (Lipinski definition) is 0. The van der Waals surface area contributed by atoms with Gasteiger partial charge in [-0.25, -0.2) is 0 Å². The molecule has 3 rings (SSSR count). The predicted octanol–water partition coefficient (Wildman–Crippen LogP) is 5.10. The van der Waals surface area contributed by atoms with Gasteiger partial charge in [0, 0.05) is 23.0 Å². The number of hydrogen-bond acceptors (Lipinski definition) is 2. The van der Waals surface area contributed by atoms with Crippen LogP contribution in [-0.4, -0.2) is 17.0 Å². The average Bonchev–Trinajstić information content (AvgIpc) is 2.87. The number of aryl methyl sites for hydroxylation is 1. The van der Waals surface area contributed by atoms with Crippen molar-refractivity contribution in [1.29, 1.82) is 0 Å². The van der Waals surface area contributed by atoms with Gasteiger partial charge in [0.15, 0.2) is 6.61 Å². The van der Waals surface area contributed by atoms with E-state index >= 15 is 0 Å². The maximum Gasteiger partial charge on any atom is 0.202 e. The van der Waals surface area contributed by atoms with Gasteiger partial charge in [-0.05, 0) is 56.7 Å². The van der Waals surface area contributed by atoms with E-state index in [0.29, 0.717) is 6.04 Å². The highest BCUT2D eigenvalue weighted by Crippen LogP contribution is 2.23. The summed E-state index contributed by atoms with van der Waals surface area (Å²) in [5.41, 5.74) is 2.87. The number of nitrogens with zero attached hydrogens (tertiary/aromatic N) is 1. The molecule has 0 aliphatic heterocycles. The first-order valence-electron chi connectivity index (χ1n) is 8.30. The lowest BCUT2D eigenvalue weighted by Gasteiger charge is -2.13. The molecule has 0 aliphatic carbocycles. The van der Waals surface area contributed by atoms with E-state index in [1.807, 2.05) is 56.3 Å². The Morgan fingerprint density at radius 1 is 1.04 bits per heavy atom. The zero-order valence-electron chi connectivity index (χ0n) is 14.7. The molecule has 0 N–H and O–H groups in total. The Bertz CT molecular complexity index is 890. The molecule has 24 heavy (non-hydrogen) atoms. The number of ketones is 1. The van der Waals surface area contributed by atoms with Crippen LogP contribution < -0.4 is 4.74 Å². The fourth-order valence-electron chi connectivity index (χ4n) is 3.34. The Kier molecular flexibility index (Phi) is 4.43. The second-order valence-electron chi connectivity index (χ2n) is 6.47. The van der Waals surface area contributed by atoms with Crippen molar-refractivity contribution in [3.8, 4) is 5.75 Å². The van der Waals surface area contributed by atoms with Crippen molar-refractivity contribution in [2.45, 2.75) is 33.7 Å². The van der Waals surface area contributed by atoms with Crippen LogP contribution in [0.15, 0.2) is 48.5 Å². The van der Waals surface area contributed by atoms with Gasteiger partial charge in [0.25, 0.3) is 0 Å². The quantitative estimate of drug-likeness (QED) is 0.612. The minimum atomic E-state index is 0.0168. The molecule has 3 aromatic rings. The number of Topliss-reactive ketones (excluding diaryl/α,β-unsaturated/α-hetero) is 1. The molecule has 0 spiro atoms. The molecule has 0 aliphatic rings. The summed E-state index contributed by atoms with van der Waals surface area (Å²) >= 11 is 0. The number of aromatic nitrogens is 1. The molecule has 2 aromatic carbocycles. The third-order valence-electron chi connectivity index (χ3n) is 4.39. The fourth-order valence-corrected chi connectivity index (χ4v) is 3.34. The first kappa shape index (κ1) is 16.3. The molecule has 0 bridgehead atoms. The van der Waals surface area contributed by atoms with Crippen molar-refractivity contribution < 1.29 is 9.53 Å². The highest BCUT2D eigenvalue weighted by Gasteiger charge is 2.17. The van der Waals surface area contributed by atoms with Crippen LogP contribution in [0.5, 0.6) is 5.75 Å². The van der Waals surface area contributed by atoms with Crippen LogP contribution >= 0.6 is 0 Å². The third-order valence-corrected chi connectivity index (χ3v) is 4.39. The second-order valence-corrected chi connectivity index (χ2v) is 6.47. The lowest BCUT2D eigenvalue weighted by Crippen LogP contribution is -2.13. The molecular weight excluding hydrogens is 298 g/mol. The van der Waals surface area contributed by atoms with Crippen molar-refractivity contribution in [2.24, 2.45) is 0 Å². The normalized spacial score (nSPS) is 11.2. The van der Waals surface area contributed by atoms with E-state index in [-0.39, 0.29) is 12.4 Å². The third kappa shape index (κ3) is 3.07. The molecule has 0 radical (unpaired) electrons. The molecule has 0 atom stereocenters. The van der Waals surface area contributed by atoms with Gasteiger partial charge < -0.3 is 9.30 Å². The molecule has 0 unspecified atom stereocenters. The van der Waals surface area contributed by atoms with Gasteiger partial charge in [0.2, 0.25) is 5.78 Å². The van der Waals surface area contributed by atoms with Gasteiger partial charge in [0.05, 0.1) is 0 Å². The Balaban J connectivity index is 1.76. The van der Waals surface area contributed by atoms with Crippen molar-refractivity contribution in [3.63, 3.8) is 0 Å². The van der Waals surface area contributed by atoms with Crippen LogP contribution in [0.3, 0.4) is 0 Å². The van der Waals surface area contributed by atoms with Crippen LogP contribution in [0.2, 0.25) is 0 Å². The van der Waals surface area contributed by atoms with Gasteiger partial charge >= 0.3 is 0 Å². The van der Waals surface area contributed by atoms with Crippen LogP contribution in [-0.2, 0) is 0 Å². The fraction of sp³-hybridized carbons (Fsp3) is 0.286. The summed E-state index contributed by atoms with van der Waals surface area (Å²) in [5.74, 6) is 0.739. The van der Waals surface area contributed by atoms with Crippen LogP contribution in [0.1, 0.15) is 41.6 Å². The van der Waals surface area contributed by atoms with E-state index in [4.69, 9.17) is 4.74 Å². The van der Waals surface area contributed by atoms with Gasteiger partial charge in [-0.3, -0.25) is 4.79 Å². The molecule has 3 nitrogen and oxygen atoms in total. The topological polar surface area (TPSA) is 31.2 Å². The highest BCUT2D eigenvalue weighted by atomic mass is 16.5. The SMILES string of the molecule is Cc1cc(C(=O)COc2ccc3ccccc3c2)c(C)n1C(C)C. The van der Waals surface area contributed by atoms with Gasteiger partial charge in [-0.15, -0.1) is 0 Å². The standard InChI is InChI=1S/C21H23NO2/c1-14(2)22-15(3)11-20(16(22)4)21(23)13-24-19-10-9-17-7-5-6-8-18(17)12-19/h5-12,14H,13H2,1-4H3. The molecule has 0 saturated carbocycles. The maximum atomic E-state index is 12.6. The van der Waals surface area contributed by atoms with Crippen molar-refractivity contribution in [1.82, 2.24) is 4.57 Å². The van der Waals surface area contributed by atoms with Crippen LogP contribution in [0, 0.1) is 13.8 Å². The van der Waals surface area contributed by atoms with E-state index < -0.39 is 0 Å². The van der Waals surface area contributed by atoms with Crippen molar-refractivity contribution in [2.75, 3.05) is 6.61 Å². The molecule has 3 heteroatoms. The minimum Gasteiger partial charge on any atom is -0.485 e. The van der Waals surface area contributed by atoms with E-state index in [2.05, 4.69) is 24.5 Å². The van der Waals surface area contributed by atoms with Crippen molar-refractivity contribution >= 4 is 16.6 Å². The van der Waals surface area contributed by atoms with E-state index in [1.54, 1.807) is 0 Å². The summed E-state index contributed by atoms with van der Waals surface area (Å²) in [5, 5.41) is 2.28. The Hall–Kier alpha value is -2.55.